The third-order valence-electron chi connectivity index (χ3n) is 5.30. The molecule has 1 aliphatic rings. The van der Waals surface area contributed by atoms with Crippen LogP contribution < -0.4 is 4.90 Å². The van der Waals surface area contributed by atoms with Gasteiger partial charge in [-0.25, -0.2) is 4.98 Å². The van der Waals surface area contributed by atoms with Gasteiger partial charge < -0.3 is 4.90 Å². The molecule has 1 aromatic heterocycles. The lowest BCUT2D eigenvalue weighted by Gasteiger charge is -2.30. The van der Waals surface area contributed by atoms with Crippen molar-refractivity contribution in [2.24, 2.45) is 0 Å². The number of aromatic nitrogens is 1. The van der Waals surface area contributed by atoms with Gasteiger partial charge in [0.25, 0.3) is 0 Å². The van der Waals surface area contributed by atoms with Gasteiger partial charge in [0, 0.05) is 23.4 Å². The van der Waals surface area contributed by atoms with Crippen LogP contribution in [-0.4, -0.2) is 12.0 Å². The normalized spacial score (nSPS) is 12.7. The molecule has 2 heteroatoms. The van der Waals surface area contributed by atoms with E-state index in [0.29, 0.717) is 0 Å². The van der Waals surface area contributed by atoms with Crippen LogP contribution >= 0.6 is 0 Å². The molecule has 2 nitrogen and oxygen atoms in total. The fourth-order valence-corrected chi connectivity index (χ4v) is 3.87. The fourth-order valence-electron chi connectivity index (χ4n) is 3.87. The molecule has 1 aliphatic heterocycles. The van der Waals surface area contributed by atoms with Gasteiger partial charge in [0.15, 0.2) is 0 Å². The molecule has 0 amide bonds. The van der Waals surface area contributed by atoms with Gasteiger partial charge >= 0.3 is 0 Å². The first kappa shape index (κ1) is 13.6. The molecule has 0 aliphatic carbocycles. The molecule has 0 N–H and O–H groups in total. The van der Waals surface area contributed by atoms with Crippen molar-refractivity contribution < 1.29 is 0 Å². The maximum Gasteiger partial charge on any atom is 0.0830 e. The Balaban J connectivity index is 2.05. The van der Waals surface area contributed by atoms with Crippen molar-refractivity contribution in [3.8, 4) is 11.3 Å². The lowest BCUT2D eigenvalue weighted by Crippen LogP contribution is -2.15. The molecule has 0 unspecified atom stereocenters. The Morgan fingerprint density at radius 1 is 0.792 bits per heavy atom. The number of anilines is 2. The second-order valence-corrected chi connectivity index (χ2v) is 6.69. The summed E-state index contributed by atoms with van der Waals surface area (Å²) in [7, 11) is 2.14. The Hall–Kier alpha value is -2.87. The molecular formula is C22H18N2. The van der Waals surface area contributed by atoms with Gasteiger partial charge in [0.05, 0.1) is 22.6 Å². The number of fused-ring (bicyclic) bond motifs is 4. The number of pyridine rings is 1. The third kappa shape index (κ3) is 1.63. The van der Waals surface area contributed by atoms with E-state index in [-0.39, 0.29) is 0 Å². The van der Waals surface area contributed by atoms with Crippen molar-refractivity contribution in [1.82, 2.24) is 4.98 Å². The Bertz CT molecular complexity index is 1140. The topological polar surface area (TPSA) is 16.1 Å². The van der Waals surface area contributed by atoms with Gasteiger partial charge in [-0.1, -0.05) is 30.3 Å². The Kier molecular flexibility index (Phi) is 2.58. The maximum absolute atomic E-state index is 5.08. The van der Waals surface area contributed by atoms with Gasteiger partial charge in [-0.2, -0.15) is 0 Å². The molecule has 4 aromatic rings. The number of nitrogens with zero attached hydrogens (tertiary/aromatic N) is 2. The molecule has 3 aromatic carbocycles. The zero-order valence-electron chi connectivity index (χ0n) is 14.1. The number of para-hydroxylation sites is 1. The van der Waals surface area contributed by atoms with Crippen molar-refractivity contribution in [1.29, 1.82) is 0 Å². The Morgan fingerprint density at radius 2 is 1.54 bits per heavy atom. The van der Waals surface area contributed by atoms with Crippen LogP contribution in [0.25, 0.3) is 32.9 Å². The van der Waals surface area contributed by atoms with E-state index in [0.717, 1.165) is 11.2 Å². The SMILES string of the molecule is Cc1cc2nc3c4c(cccc4c2cc1C)N(C)c1ccccc1-3. The number of rotatable bonds is 0. The zero-order valence-corrected chi connectivity index (χ0v) is 14.1. The van der Waals surface area contributed by atoms with Crippen LogP contribution in [0.3, 0.4) is 0 Å². The molecule has 5 rings (SSSR count). The minimum atomic E-state index is 1.08. The van der Waals surface area contributed by atoms with Crippen LogP contribution in [-0.2, 0) is 0 Å². The summed E-state index contributed by atoms with van der Waals surface area (Å²) in [6.45, 7) is 4.33. The standard InChI is InChI=1S/C22H18N2/c1-13-11-17-15-8-6-10-20-21(15)22(23-18(17)12-14(13)2)16-7-4-5-9-19(16)24(20)3/h4-12H,1-3H3. The zero-order chi connectivity index (χ0) is 16.4. The van der Waals surface area contributed by atoms with Crippen molar-refractivity contribution in [3.05, 3.63) is 65.7 Å². The lowest BCUT2D eigenvalue weighted by molar-refractivity contribution is 1.20. The van der Waals surface area contributed by atoms with Crippen LogP contribution in [0, 0.1) is 13.8 Å². The van der Waals surface area contributed by atoms with Crippen LogP contribution in [0.5, 0.6) is 0 Å². The highest BCUT2D eigenvalue weighted by molar-refractivity contribution is 6.19. The molecule has 0 bridgehead atoms. The Morgan fingerprint density at radius 3 is 2.42 bits per heavy atom. The van der Waals surface area contributed by atoms with E-state index in [1.807, 2.05) is 0 Å². The molecule has 116 valence electrons. The molecule has 0 saturated heterocycles. The molecule has 0 radical (unpaired) electrons. The predicted octanol–water partition coefficient (Wildman–Crippen LogP) is 5.75. The highest BCUT2D eigenvalue weighted by Crippen LogP contribution is 2.47. The highest BCUT2D eigenvalue weighted by atomic mass is 15.1. The van der Waals surface area contributed by atoms with Crippen molar-refractivity contribution >= 4 is 33.1 Å². The van der Waals surface area contributed by atoms with E-state index in [2.05, 4.69) is 80.4 Å². The summed E-state index contributed by atoms with van der Waals surface area (Å²) in [6, 6.07) is 19.6. The van der Waals surface area contributed by atoms with E-state index in [4.69, 9.17) is 4.98 Å². The van der Waals surface area contributed by atoms with Crippen molar-refractivity contribution in [2.45, 2.75) is 13.8 Å². The van der Waals surface area contributed by atoms with E-state index >= 15 is 0 Å². The molecule has 0 fully saturated rings. The van der Waals surface area contributed by atoms with Crippen LogP contribution in [0.4, 0.5) is 11.4 Å². The quantitative estimate of drug-likeness (QED) is 0.384. The monoisotopic (exact) mass is 310 g/mol. The molecular weight excluding hydrogens is 292 g/mol. The molecule has 0 spiro atoms. The molecule has 2 heterocycles. The number of aryl methyl sites for hydroxylation is 2. The van der Waals surface area contributed by atoms with Crippen LogP contribution in [0.2, 0.25) is 0 Å². The average molecular weight is 310 g/mol. The smallest absolute Gasteiger partial charge is 0.0830 e. The lowest BCUT2D eigenvalue weighted by atomic mass is 9.93. The fraction of sp³-hybridized carbons (Fsp3) is 0.136. The molecule has 0 atom stereocenters. The van der Waals surface area contributed by atoms with Gasteiger partial charge in [-0.15, -0.1) is 0 Å². The van der Waals surface area contributed by atoms with Gasteiger partial charge in [-0.05, 0) is 54.6 Å². The minimum absolute atomic E-state index is 1.08. The number of hydrogen-bond acceptors (Lipinski definition) is 2. The summed E-state index contributed by atoms with van der Waals surface area (Å²) in [6.07, 6.45) is 0. The van der Waals surface area contributed by atoms with E-state index < -0.39 is 0 Å². The van der Waals surface area contributed by atoms with Gasteiger partial charge in [-0.3, -0.25) is 0 Å². The summed E-state index contributed by atoms with van der Waals surface area (Å²) in [5, 5.41) is 3.79. The van der Waals surface area contributed by atoms with Gasteiger partial charge in [0.2, 0.25) is 0 Å². The summed E-state index contributed by atoms with van der Waals surface area (Å²) >= 11 is 0. The third-order valence-corrected chi connectivity index (χ3v) is 5.30. The first-order valence-corrected chi connectivity index (χ1v) is 8.32. The minimum Gasteiger partial charge on any atom is -0.343 e. The summed E-state index contributed by atoms with van der Waals surface area (Å²) in [5.41, 5.74) is 8.45. The van der Waals surface area contributed by atoms with Crippen molar-refractivity contribution in [3.63, 3.8) is 0 Å². The summed E-state index contributed by atoms with van der Waals surface area (Å²) < 4.78 is 0. The molecule has 0 saturated carbocycles. The second kappa shape index (κ2) is 4.57. The van der Waals surface area contributed by atoms with Crippen molar-refractivity contribution in [2.75, 3.05) is 11.9 Å². The van der Waals surface area contributed by atoms with E-state index in [9.17, 15) is 0 Å². The van der Waals surface area contributed by atoms with Crippen LogP contribution in [0.1, 0.15) is 11.1 Å². The molecule has 24 heavy (non-hydrogen) atoms. The van der Waals surface area contributed by atoms with Gasteiger partial charge in [0.1, 0.15) is 0 Å². The number of hydrogen-bond donors (Lipinski definition) is 0. The number of benzene rings is 3. The average Bonchev–Trinajstić information content (AvgIpc) is 2.61. The summed E-state index contributed by atoms with van der Waals surface area (Å²) in [4.78, 5) is 7.36. The predicted molar refractivity (Wildman–Crippen MR) is 102 cm³/mol. The summed E-state index contributed by atoms with van der Waals surface area (Å²) in [5.74, 6) is 0. The first-order valence-electron chi connectivity index (χ1n) is 8.32. The maximum atomic E-state index is 5.08. The largest absolute Gasteiger partial charge is 0.343 e. The van der Waals surface area contributed by atoms with E-state index in [1.54, 1.807) is 0 Å². The highest BCUT2D eigenvalue weighted by Gasteiger charge is 2.24. The second-order valence-electron chi connectivity index (χ2n) is 6.69. The Labute approximate surface area is 141 Å². The van der Waals surface area contributed by atoms with E-state index in [1.165, 1.54) is 44.2 Å². The first-order chi connectivity index (χ1) is 11.6. The van der Waals surface area contributed by atoms with Crippen LogP contribution in [0.15, 0.2) is 54.6 Å².